The Morgan fingerprint density at radius 3 is 2.85 bits per heavy atom. The van der Waals surface area contributed by atoms with E-state index in [-0.39, 0.29) is 17.2 Å². The molecule has 0 saturated heterocycles. The summed E-state index contributed by atoms with van der Waals surface area (Å²) in [6.07, 6.45) is 1.51. The predicted octanol–water partition coefficient (Wildman–Crippen LogP) is 2.39. The first-order chi connectivity index (χ1) is 9.61. The monoisotopic (exact) mass is 271 g/mol. The number of aryl methyl sites for hydroxylation is 1. The van der Waals surface area contributed by atoms with Gasteiger partial charge in [0.2, 0.25) is 5.78 Å². The van der Waals surface area contributed by atoms with Crippen LogP contribution in [0.5, 0.6) is 0 Å². The summed E-state index contributed by atoms with van der Waals surface area (Å²) in [5.41, 5.74) is 2.65. The maximum Gasteiger partial charge on any atom is 0.227 e. The van der Waals surface area contributed by atoms with E-state index in [1.807, 2.05) is 13.0 Å². The van der Waals surface area contributed by atoms with Crippen molar-refractivity contribution < 1.29 is 14.0 Å². The Balaban J connectivity index is 2.31. The topological polar surface area (TPSA) is 78.6 Å². The molecule has 0 fully saturated rings. The van der Waals surface area contributed by atoms with E-state index in [1.54, 1.807) is 6.07 Å². The fourth-order valence-electron chi connectivity index (χ4n) is 2.23. The fraction of sp³-hybridized carbons (Fsp3) is 0.0714. The molecule has 0 amide bonds. The van der Waals surface area contributed by atoms with Gasteiger partial charge in [0.05, 0.1) is 16.8 Å². The van der Waals surface area contributed by atoms with E-state index < -0.39 is 11.6 Å². The summed E-state index contributed by atoms with van der Waals surface area (Å²) in [6.45, 7) is 1.85. The molecule has 0 spiro atoms. The number of benzene rings is 1. The molecule has 20 heavy (non-hydrogen) atoms. The number of carbonyl (C=O) groups excluding carboxylic acids is 2. The highest BCUT2D eigenvalue weighted by atomic mass is 19.1. The molecule has 2 N–H and O–H groups in total. The minimum absolute atomic E-state index is 0.0293. The Kier molecular flexibility index (Phi) is 2.71. The molecular weight excluding hydrogens is 261 g/mol. The highest BCUT2D eigenvalue weighted by Crippen LogP contribution is 2.31. The van der Waals surface area contributed by atoms with Crippen LogP contribution in [0.2, 0.25) is 0 Å². The lowest BCUT2D eigenvalue weighted by Crippen LogP contribution is -1.99. The van der Waals surface area contributed by atoms with Crippen LogP contribution in [0.4, 0.5) is 4.39 Å². The van der Waals surface area contributed by atoms with Crippen LogP contribution in [0.15, 0.2) is 24.4 Å². The number of aldehydes is 1. The number of halogens is 1. The third-order valence-electron chi connectivity index (χ3n) is 3.14. The highest BCUT2D eigenvalue weighted by molar-refractivity contribution is 6.36. The number of hydrogen-bond donors (Lipinski definition) is 2. The van der Waals surface area contributed by atoms with Crippen LogP contribution in [-0.4, -0.2) is 27.3 Å². The minimum atomic E-state index is -0.759. The van der Waals surface area contributed by atoms with Gasteiger partial charge in [-0.15, -0.1) is 0 Å². The molecule has 2 heterocycles. The second kappa shape index (κ2) is 4.41. The highest BCUT2D eigenvalue weighted by Gasteiger charge is 2.18. The molecule has 3 aromatic rings. The van der Waals surface area contributed by atoms with Crippen molar-refractivity contribution in [3.8, 4) is 11.3 Å². The second-order valence-corrected chi connectivity index (χ2v) is 4.47. The number of aromatic nitrogens is 3. The number of aromatic amines is 2. The van der Waals surface area contributed by atoms with Crippen LogP contribution in [0.25, 0.3) is 22.2 Å². The minimum Gasteiger partial charge on any atom is -0.360 e. The average molecular weight is 271 g/mol. The summed E-state index contributed by atoms with van der Waals surface area (Å²) in [4.78, 5) is 25.0. The van der Waals surface area contributed by atoms with Crippen LogP contribution >= 0.6 is 0 Å². The van der Waals surface area contributed by atoms with Crippen molar-refractivity contribution in [1.29, 1.82) is 0 Å². The summed E-state index contributed by atoms with van der Waals surface area (Å²) in [5, 5.41) is 7.04. The standard InChI is InChI=1S/C14H10FN3O2/c1-7-4-11(18-17-7)8-2-3-10(15)13-9(12(20)6-19)5-16-14(8)13/h2-6,16H,1H3,(H,17,18). The van der Waals surface area contributed by atoms with Crippen LogP contribution < -0.4 is 0 Å². The summed E-state index contributed by atoms with van der Waals surface area (Å²) in [7, 11) is 0. The Labute approximate surface area is 112 Å². The van der Waals surface area contributed by atoms with Gasteiger partial charge in [0.1, 0.15) is 5.82 Å². The van der Waals surface area contributed by atoms with Gasteiger partial charge in [-0.2, -0.15) is 5.10 Å². The molecule has 1 aromatic carbocycles. The van der Waals surface area contributed by atoms with Crippen molar-refractivity contribution in [2.75, 3.05) is 0 Å². The largest absolute Gasteiger partial charge is 0.360 e. The van der Waals surface area contributed by atoms with Crippen molar-refractivity contribution in [3.05, 3.63) is 41.5 Å². The third-order valence-corrected chi connectivity index (χ3v) is 3.14. The average Bonchev–Trinajstić information content (AvgIpc) is 3.05. The van der Waals surface area contributed by atoms with Gasteiger partial charge in [0, 0.05) is 22.8 Å². The van der Waals surface area contributed by atoms with Gasteiger partial charge in [-0.1, -0.05) is 0 Å². The summed E-state index contributed by atoms with van der Waals surface area (Å²) >= 11 is 0. The predicted molar refractivity (Wildman–Crippen MR) is 71.0 cm³/mol. The smallest absolute Gasteiger partial charge is 0.227 e. The van der Waals surface area contributed by atoms with Crippen LogP contribution in [-0.2, 0) is 4.79 Å². The molecule has 0 aliphatic heterocycles. The Morgan fingerprint density at radius 2 is 2.20 bits per heavy atom. The molecule has 6 heteroatoms. The van der Waals surface area contributed by atoms with Gasteiger partial charge in [0.25, 0.3) is 0 Å². The van der Waals surface area contributed by atoms with E-state index in [9.17, 15) is 14.0 Å². The number of fused-ring (bicyclic) bond motifs is 1. The van der Waals surface area contributed by atoms with Crippen molar-refractivity contribution in [2.24, 2.45) is 0 Å². The van der Waals surface area contributed by atoms with Gasteiger partial charge in [0.15, 0.2) is 6.29 Å². The number of hydrogen-bond acceptors (Lipinski definition) is 3. The van der Waals surface area contributed by atoms with E-state index >= 15 is 0 Å². The first-order valence-corrected chi connectivity index (χ1v) is 5.93. The molecule has 3 rings (SSSR count). The number of carbonyl (C=O) groups is 2. The second-order valence-electron chi connectivity index (χ2n) is 4.47. The Bertz CT molecular complexity index is 832. The van der Waals surface area contributed by atoms with Gasteiger partial charge >= 0.3 is 0 Å². The molecule has 2 aromatic heterocycles. The molecule has 0 aliphatic carbocycles. The maximum atomic E-state index is 14.0. The van der Waals surface area contributed by atoms with Gasteiger partial charge in [-0.25, -0.2) is 4.39 Å². The summed E-state index contributed by atoms with van der Waals surface area (Å²) in [6, 6.07) is 4.66. The number of rotatable bonds is 3. The molecule has 5 nitrogen and oxygen atoms in total. The maximum absolute atomic E-state index is 14.0. The molecule has 0 unspecified atom stereocenters. The zero-order valence-electron chi connectivity index (χ0n) is 10.5. The Hall–Kier alpha value is -2.76. The van der Waals surface area contributed by atoms with Crippen molar-refractivity contribution in [2.45, 2.75) is 6.92 Å². The molecule has 0 atom stereocenters. The molecular formula is C14H10FN3O2. The first-order valence-electron chi connectivity index (χ1n) is 5.93. The van der Waals surface area contributed by atoms with Crippen LogP contribution in [0, 0.1) is 12.7 Å². The molecule has 0 saturated carbocycles. The number of Topliss-reactive ketones (excluding diaryl/α,β-unsaturated/α-hetero) is 1. The van der Waals surface area contributed by atoms with Crippen molar-refractivity contribution in [1.82, 2.24) is 15.2 Å². The van der Waals surface area contributed by atoms with E-state index in [0.29, 0.717) is 16.8 Å². The van der Waals surface area contributed by atoms with Crippen LogP contribution in [0.1, 0.15) is 16.1 Å². The zero-order chi connectivity index (χ0) is 14.3. The summed E-state index contributed by atoms with van der Waals surface area (Å²) in [5.74, 6) is -1.31. The zero-order valence-corrected chi connectivity index (χ0v) is 10.5. The Morgan fingerprint density at radius 1 is 1.40 bits per heavy atom. The molecule has 0 radical (unpaired) electrons. The molecule has 0 aliphatic rings. The van der Waals surface area contributed by atoms with E-state index in [0.717, 1.165) is 5.69 Å². The van der Waals surface area contributed by atoms with Crippen molar-refractivity contribution >= 4 is 23.0 Å². The quantitative estimate of drug-likeness (QED) is 0.436. The van der Waals surface area contributed by atoms with E-state index in [4.69, 9.17) is 0 Å². The van der Waals surface area contributed by atoms with Crippen molar-refractivity contribution in [3.63, 3.8) is 0 Å². The van der Waals surface area contributed by atoms with Gasteiger partial charge in [-0.3, -0.25) is 14.7 Å². The molecule has 100 valence electrons. The van der Waals surface area contributed by atoms with E-state index in [1.165, 1.54) is 12.3 Å². The number of ketones is 1. The lowest BCUT2D eigenvalue weighted by molar-refractivity contribution is -0.104. The number of H-pyrrole nitrogens is 2. The van der Waals surface area contributed by atoms with Gasteiger partial charge in [-0.05, 0) is 25.1 Å². The van der Waals surface area contributed by atoms with Gasteiger partial charge < -0.3 is 4.98 Å². The number of nitrogens with one attached hydrogen (secondary N) is 2. The lowest BCUT2D eigenvalue weighted by atomic mass is 10.0. The third kappa shape index (κ3) is 1.73. The van der Waals surface area contributed by atoms with E-state index in [2.05, 4.69) is 15.2 Å². The van der Waals surface area contributed by atoms with Crippen LogP contribution in [0.3, 0.4) is 0 Å². The SMILES string of the molecule is Cc1cc(-c2ccc(F)c3c(C(=O)C=O)c[nH]c23)n[nH]1. The molecule has 0 bridgehead atoms. The fourth-order valence-corrected chi connectivity index (χ4v) is 2.23. The number of nitrogens with zero attached hydrogens (tertiary/aromatic N) is 1. The first kappa shape index (κ1) is 12.3. The summed E-state index contributed by atoms with van der Waals surface area (Å²) < 4.78 is 14.0. The lowest BCUT2D eigenvalue weighted by Gasteiger charge is -2.01. The normalized spacial score (nSPS) is 10.9.